The third-order valence-corrected chi connectivity index (χ3v) is 4.25. The first kappa shape index (κ1) is 18.9. The molecule has 1 heterocycles. The molecule has 144 valence electrons. The van der Waals surface area contributed by atoms with Crippen molar-refractivity contribution in [2.45, 2.75) is 25.2 Å². The molecule has 2 aromatic rings. The topological polar surface area (TPSA) is 103 Å². The van der Waals surface area contributed by atoms with Crippen LogP contribution in [-0.4, -0.2) is 48.0 Å². The van der Waals surface area contributed by atoms with Crippen molar-refractivity contribution in [3.8, 4) is 17.2 Å². The molecule has 1 aliphatic rings. The molecule has 0 aliphatic carbocycles. The number of aliphatic hydroxyl groups excluding tert-OH is 1. The van der Waals surface area contributed by atoms with Crippen molar-refractivity contribution in [3.05, 3.63) is 58.6 Å². The summed E-state index contributed by atoms with van der Waals surface area (Å²) < 4.78 is 17.1. The minimum absolute atomic E-state index is 0.00494. The van der Waals surface area contributed by atoms with Crippen LogP contribution < -0.4 is 19.5 Å². The molecule has 8 heteroatoms. The molecule has 0 spiro atoms. The van der Waals surface area contributed by atoms with Gasteiger partial charge in [0.15, 0.2) is 11.5 Å². The molecule has 3 rings (SSSR count). The van der Waals surface area contributed by atoms with E-state index in [4.69, 9.17) is 14.2 Å². The summed E-state index contributed by atoms with van der Waals surface area (Å²) in [6, 6.07) is 13.2. The molecule has 0 fully saturated rings. The average molecular weight is 374 g/mol. The van der Waals surface area contributed by atoms with Crippen LogP contribution in [0.5, 0.6) is 17.2 Å². The maximum atomic E-state index is 10.6. The lowest BCUT2D eigenvalue weighted by atomic mass is 10.1. The first-order valence-electron chi connectivity index (χ1n) is 8.70. The molecule has 1 aliphatic heterocycles. The van der Waals surface area contributed by atoms with Crippen LogP contribution in [0.3, 0.4) is 0 Å². The van der Waals surface area contributed by atoms with Crippen molar-refractivity contribution in [2.75, 3.05) is 19.8 Å². The van der Waals surface area contributed by atoms with Gasteiger partial charge in [-0.1, -0.05) is 12.1 Å². The van der Waals surface area contributed by atoms with E-state index >= 15 is 0 Å². The van der Waals surface area contributed by atoms with Crippen LogP contribution in [0.2, 0.25) is 0 Å². The molecule has 0 amide bonds. The molecule has 0 saturated carbocycles. The van der Waals surface area contributed by atoms with Gasteiger partial charge in [-0.15, -0.1) is 0 Å². The second-order valence-electron chi connectivity index (χ2n) is 6.33. The molecule has 0 aromatic heterocycles. The summed E-state index contributed by atoms with van der Waals surface area (Å²) in [5.41, 5.74) is -0.00494. The number of nitrogens with zero attached hydrogens (tertiary/aromatic N) is 1. The highest BCUT2D eigenvalue weighted by atomic mass is 16.6. The van der Waals surface area contributed by atoms with Gasteiger partial charge in [0.05, 0.1) is 4.92 Å². The highest BCUT2D eigenvalue weighted by molar-refractivity contribution is 5.40. The molecule has 27 heavy (non-hydrogen) atoms. The van der Waals surface area contributed by atoms with Crippen LogP contribution >= 0.6 is 0 Å². The number of para-hydroxylation sites is 2. The van der Waals surface area contributed by atoms with E-state index in [1.165, 1.54) is 24.3 Å². The van der Waals surface area contributed by atoms with E-state index in [1.54, 1.807) is 0 Å². The number of non-ortho nitro benzene ring substituents is 1. The predicted molar refractivity (Wildman–Crippen MR) is 98.4 cm³/mol. The third-order valence-electron chi connectivity index (χ3n) is 4.25. The van der Waals surface area contributed by atoms with Crippen LogP contribution in [0.1, 0.15) is 6.92 Å². The van der Waals surface area contributed by atoms with Crippen LogP contribution in [0, 0.1) is 10.1 Å². The number of benzene rings is 2. The van der Waals surface area contributed by atoms with E-state index in [1.807, 2.05) is 31.2 Å². The molecule has 0 bridgehead atoms. The largest absolute Gasteiger partial charge is 0.491 e. The average Bonchev–Trinajstić information content (AvgIpc) is 2.70. The lowest BCUT2D eigenvalue weighted by Crippen LogP contribution is -2.48. The van der Waals surface area contributed by atoms with E-state index in [9.17, 15) is 15.2 Å². The Morgan fingerprint density at radius 3 is 2.67 bits per heavy atom. The maximum absolute atomic E-state index is 10.6. The minimum Gasteiger partial charge on any atom is -0.491 e. The fourth-order valence-corrected chi connectivity index (χ4v) is 2.65. The van der Waals surface area contributed by atoms with Crippen molar-refractivity contribution in [3.63, 3.8) is 0 Å². The van der Waals surface area contributed by atoms with Gasteiger partial charge in [-0.05, 0) is 31.2 Å². The Morgan fingerprint density at radius 1 is 1.26 bits per heavy atom. The number of aliphatic hydroxyl groups is 1. The minimum atomic E-state index is -0.737. The summed E-state index contributed by atoms with van der Waals surface area (Å²) >= 11 is 0. The smallest absolute Gasteiger partial charge is 0.269 e. The molecule has 2 N–H and O–H groups in total. The van der Waals surface area contributed by atoms with Gasteiger partial charge < -0.3 is 24.6 Å². The standard InChI is InChI=1S/C19H22N2O6/c1-13(19-12-26-17-4-2-3-5-18(17)27-19)20-10-15(22)11-25-16-8-6-14(7-9-16)21(23)24/h2-9,13,15,19-20,22H,10-12H2,1H3/t13-,15+,19+/m1/s1. The van der Waals surface area contributed by atoms with Gasteiger partial charge in [-0.3, -0.25) is 10.1 Å². The quantitative estimate of drug-likeness (QED) is 0.539. The van der Waals surface area contributed by atoms with Gasteiger partial charge in [0, 0.05) is 24.7 Å². The number of hydrogen-bond acceptors (Lipinski definition) is 7. The number of nitro benzene ring substituents is 1. The molecule has 3 atom stereocenters. The Morgan fingerprint density at radius 2 is 1.96 bits per heavy atom. The number of nitrogens with one attached hydrogen (secondary N) is 1. The Hall–Kier alpha value is -2.84. The highest BCUT2D eigenvalue weighted by Gasteiger charge is 2.26. The molecular weight excluding hydrogens is 352 g/mol. The maximum Gasteiger partial charge on any atom is 0.269 e. The van der Waals surface area contributed by atoms with Crippen LogP contribution in [0.25, 0.3) is 0 Å². The zero-order valence-electron chi connectivity index (χ0n) is 14.9. The first-order valence-corrected chi connectivity index (χ1v) is 8.70. The van der Waals surface area contributed by atoms with Gasteiger partial charge in [-0.2, -0.15) is 0 Å². The van der Waals surface area contributed by atoms with Gasteiger partial charge in [-0.25, -0.2) is 0 Å². The lowest BCUT2D eigenvalue weighted by molar-refractivity contribution is -0.384. The highest BCUT2D eigenvalue weighted by Crippen LogP contribution is 2.31. The zero-order valence-corrected chi connectivity index (χ0v) is 14.9. The number of rotatable bonds is 8. The van der Waals surface area contributed by atoms with Crippen molar-refractivity contribution in [1.29, 1.82) is 0 Å². The molecule has 8 nitrogen and oxygen atoms in total. The Bertz CT molecular complexity index is 767. The summed E-state index contributed by atoms with van der Waals surface area (Å²) in [6.45, 7) is 2.78. The fourth-order valence-electron chi connectivity index (χ4n) is 2.65. The van der Waals surface area contributed by atoms with E-state index in [0.29, 0.717) is 24.7 Å². The molecule has 0 unspecified atom stereocenters. The second-order valence-corrected chi connectivity index (χ2v) is 6.33. The number of hydrogen-bond donors (Lipinski definition) is 2. The number of fused-ring (bicyclic) bond motifs is 1. The summed E-state index contributed by atoms with van der Waals surface area (Å²) in [7, 11) is 0. The second kappa shape index (κ2) is 8.70. The molecular formula is C19H22N2O6. The summed E-state index contributed by atoms with van der Waals surface area (Å²) in [6.07, 6.45) is -0.901. The van der Waals surface area contributed by atoms with Crippen molar-refractivity contribution in [2.24, 2.45) is 0 Å². The van der Waals surface area contributed by atoms with Gasteiger partial charge in [0.2, 0.25) is 0 Å². The lowest BCUT2D eigenvalue weighted by Gasteiger charge is -2.31. The number of nitro groups is 1. The van der Waals surface area contributed by atoms with Crippen LogP contribution in [-0.2, 0) is 0 Å². The van der Waals surface area contributed by atoms with E-state index in [-0.39, 0.29) is 24.4 Å². The molecule has 2 aromatic carbocycles. The Kier molecular flexibility index (Phi) is 6.10. The molecule has 0 radical (unpaired) electrons. The first-order chi connectivity index (χ1) is 13.0. The van der Waals surface area contributed by atoms with Gasteiger partial charge in [0.25, 0.3) is 5.69 Å². The van der Waals surface area contributed by atoms with E-state index in [2.05, 4.69) is 5.32 Å². The number of ether oxygens (including phenoxy) is 3. The van der Waals surface area contributed by atoms with Gasteiger partial charge >= 0.3 is 0 Å². The third kappa shape index (κ3) is 5.08. The summed E-state index contributed by atoms with van der Waals surface area (Å²) in [5.74, 6) is 1.91. The molecule has 0 saturated heterocycles. The fraction of sp³-hybridized carbons (Fsp3) is 0.368. The Labute approximate surface area is 156 Å². The van der Waals surface area contributed by atoms with Crippen molar-refractivity contribution >= 4 is 5.69 Å². The zero-order chi connectivity index (χ0) is 19.2. The van der Waals surface area contributed by atoms with E-state index in [0.717, 1.165) is 5.75 Å². The monoisotopic (exact) mass is 374 g/mol. The summed E-state index contributed by atoms with van der Waals surface area (Å²) in [5, 5.41) is 23.9. The van der Waals surface area contributed by atoms with Crippen LogP contribution in [0.15, 0.2) is 48.5 Å². The van der Waals surface area contributed by atoms with E-state index < -0.39 is 11.0 Å². The van der Waals surface area contributed by atoms with Crippen LogP contribution in [0.4, 0.5) is 5.69 Å². The Balaban J connectivity index is 1.41. The SMILES string of the molecule is C[C@@H](NC[C@H](O)COc1ccc([N+](=O)[O-])cc1)[C@@H]1COc2ccccc2O1. The van der Waals surface area contributed by atoms with Crippen molar-refractivity contribution < 1.29 is 24.2 Å². The summed E-state index contributed by atoms with van der Waals surface area (Å²) in [4.78, 5) is 10.2. The predicted octanol–water partition coefficient (Wildman–Crippen LogP) is 2.15. The normalized spacial score (nSPS) is 17.8. The van der Waals surface area contributed by atoms with Gasteiger partial charge in [0.1, 0.15) is 31.2 Å². The van der Waals surface area contributed by atoms with Crippen molar-refractivity contribution in [1.82, 2.24) is 5.32 Å².